The molecule has 0 radical (unpaired) electrons. The first-order chi connectivity index (χ1) is 7.87. The van der Waals surface area contributed by atoms with E-state index >= 15 is 0 Å². The van der Waals surface area contributed by atoms with Crippen molar-refractivity contribution in [1.82, 2.24) is 0 Å². The van der Waals surface area contributed by atoms with Gasteiger partial charge in [0.05, 0.1) is 6.61 Å². The zero-order valence-corrected chi connectivity index (χ0v) is 9.37. The molecule has 1 aromatic rings. The lowest BCUT2D eigenvalue weighted by molar-refractivity contribution is -0.158. The van der Waals surface area contributed by atoms with Gasteiger partial charge in [-0.3, -0.25) is 0 Å². The third-order valence-corrected chi connectivity index (χ3v) is 2.05. The van der Waals surface area contributed by atoms with Gasteiger partial charge in [0.15, 0.2) is 0 Å². The quantitative estimate of drug-likeness (QED) is 0.861. The number of carbonyl (C=O) groups is 1. The molecule has 0 bridgehead atoms. The molecule has 0 amide bonds. The van der Waals surface area contributed by atoms with Crippen LogP contribution in [0.5, 0.6) is 5.75 Å². The maximum absolute atomic E-state index is 12.9. The molecular weight excluding hydrogens is 234 g/mol. The highest BCUT2D eigenvalue weighted by molar-refractivity contribution is 5.77. The van der Waals surface area contributed by atoms with E-state index in [-0.39, 0.29) is 12.4 Å². The molecule has 0 aromatic heterocycles. The maximum atomic E-state index is 12.9. The molecule has 17 heavy (non-hydrogen) atoms. The first kappa shape index (κ1) is 13.4. The molecule has 0 fully saturated rings. The van der Waals surface area contributed by atoms with Crippen molar-refractivity contribution in [3.05, 3.63) is 29.8 Å². The van der Waals surface area contributed by atoms with Gasteiger partial charge in [0.25, 0.3) is 0 Å². The number of hydrogen-bond donors (Lipinski definition) is 1. The Hall–Kier alpha value is -1.69. The molecule has 0 aliphatic heterocycles. The summed E-state index contributed by atoms with van der Waals surface area (Å²) in [6.45, 7) is 1.00. The predicted octanol–water partition coefficient (Wildman–Crippen LogP) is 1.83. The van der Waals surface area contributed by atoms with Crippen molar-refractivity contribution in [3.63, 3.8) is 0 Å². The Kier molecular flexibility index (Phi) is 4.01. The number of carboxylic acid groups (broad SMARTS) is 1. The molecule has 1 N–H and O–H groups in total. The van der Waals surface area contributed by atoms with Crippen LogP contribution in [0.1, 0.15) is 6.92 Å². The number of carboxylic acids is 1. The molecule has 1 unspecified atom stereocenters. The first-order valence-electron chi connectivity index (χ1n) is 4.75. The topological polar surface area (TPSA) is 55.8 Å². The molecule has 0 saturated carbocycles. The predicted molar refractivity (Wildman–Crippen MR) is 54.9 cm³/mol. The van der Waals surface area contributed by atoms with Crippen molar-refractivity contribution in [2.45, 2.75) is 12.5 Å². The summed E-state index contributed by atoms with van der Waals surface area (Å²) in [5.41, 5.74) is -1.70. The fourth-order valence-electron chi connectivity index (χ4n) is 1.26. The molecule has 0 heterocycles. The highest BCUT2D eigenvalue weighted by atomic mass is 19.1. The smallest absolute Gasteiger partial charge is 0.350 e. The number of rotatable bonds is 5. The van der Waals surface area contributed by atoms with Crippen LogP contribution in [0.4, 0.5) is 8.78 Å². The number of benzene rings is 1. The summed E-state index contributed by atoms with van der Waals surface area (Å²) in [6.07, 6.45) is 0. The summed E-state index contributed by atoms with van der Waals surface area (Å²) in [5.74, 6) is -3.18. The Morgan fingerprint density at radius 2 is 1.88 bits per heavy atom. The van der Waals surface area contributed by atoms with Crippen LogP contribution in [0.3, 0.4) is 0 Å². The molecule has 0 saturated heterocycles. The van der Waals surface area contributed by atoms with Gasteiger partial charge < -0.3 is 14.6 Å². The van der Waals surface area contributed by atoms with Crippen LogP contribution >= 0.6 is 0 Å². The maximum Gasteiger partial charge on any atom is 0.350 e. The Bertz CT molecular complexity index is 402. The van der Waals surface area contributed by atoms with Crippen LogP contribution in [0.25, 0.3) is 0 Å². The lowest BCUT2D eigenvalue weighted by Crippen LogP contribution is -2.45. The molecule has 6 heteroatoms. The third kappa shape index (κ3) is 3.39. The van der Waals surface area contributed by atoms with E-state index < -0.39 is 23.2 Å². The van der Waals surface area contributed by atoms with E-state index in [1.54, 1.807) is 0 Å². The Morgan fingerprint density at radius 3 is 2.29 bits per heavy atom. The fourth-order valence-corrected chi connectivity index (χ4v) is 1.26. The van der Waals surface area contributed by atoms with E-state index in [4.69, 9.17) is 14.6 Å². The summed E-state index contributed by atoms with van der Waals surface area (Å²) in [5, 5.41) is 8.97. The highest BCUT2D eigenvalue weighted by Crippen LogP contribution is 2.21. The molecule has 0 spiro atoms. The van der Waals surface area contributed by atoms with E-state index in [0.29, 0.717) is 6.07 Å². The second kappa shape index (κ2) is 5.09. The average Bonchev–Trinajstić information content (AvgIpc) is 2.15. The van der Waals surface area contributed by atoms with Crippen LogP contribution in [-0.2, 0) is 9.53 Å². The zero-order chi connectivity index (χ0) is 13.1. The third-order valence-electron chi connectivity index (χ3n) is 2.05. The van der Waals surface area contributed by atoms with Crippen molar-refractivity contribution in [2.24, 2.45) is 0 Å². The summed E-state index contributed by atoms with van der Waals surface area (Å²) in [7, 11) is 1.30. The first-order valence-corrected chi connectivity index (χ1v) is 4.75. The second-order valence-corrected chi connectivity index (χ2v) is 3.68. The number of methoxy groups -OCH3 is 1. The van der Waals surface area contributed by atoms with E-state index in [1.807, 2.05) is 0 Å². The van der Waals surface area contributed by atoms with Crippen LogP contribution in [0.2, 0.25) is 0 Å². The summed E-state index contributed by atoms with van der Waals surface area (Å²) in [6, 6.07) is 2.47. The lowest BCUT2D eigenvalue weighted by atomic mass is 10.1. The normalized spacial score (nSPS) is 14.1. The molecule has 0 aliphatic carbocycles. The van der Waals surface area contributed by atoms with E-state index in [0.717, 1.165) is 12.1 Å². The van der Waals surface area contributed by atoms with Crippen LogP contribution < -0.4 is 4.74 Å². The highest BCUT2D eigenvalue weighted by Gasteiger charge is 2.36. The van der Waals surface area contributed by atoms with Gasteiger partial charge in [0, 0.05) is 25.3 Å². The van der Waals surface area contributed by atoms with Crippen LogP contribution in [-0.4, -0.2) is 30.4 Å². The van der Waals surface area contributed by atoms with Crippen LogP contribution in [0, 0.1) is 11.6 Å². The average molecular weight is 246 g/mol. The Labute approximate surface area is 96.8 Å². The summed E-state index contributed by atoms with van der Waals surface area (Å²) < 4.78 is 35.6. The number of ether oxygens (including phenoxy) is 2. The molecule has 4 nitrogen and oxygen atoms in total. The van der Waals surface area contributed by atoms with E-state index in [2.05, 4.69) is 0 Å². The van der Waals surface area contributed by atoms with Crippen molar-refractivity contribution in [1.29, 1.82) is 0 Å². The van der Waals surface area contributed by atoms with Gasteiger partial charge in [-0.15, -0.1) is 0 Å². The van der Waals surface area contributed by atoms with Gasteiger partial charge in [-0.05, 0) is 6.92 Å². The largest absolute Gasteiger partial charge is 0.478 e. The molecule has 1 aromatic carbocycles. The van der Waals surface area contributed by atoms with E-state index in [9.17, 15) is 13.6 Å². The minimum atomic E-state index is -1.70. The second-order valence-electron chi connectivity index (χ2n) is 3.68. The van der Waals surface area contributed by atoms with Gasteiger partial charge >= 0.3 is 5.97 Å². The summed E-state index contributed by atoms with van der Waals surface area (Å²) in [4.78, 5) is 11.0. The molecule has 1 atom stereocenters. The molecule has 0 aliphatic rings. The summed E-state index contributed by atoms with van der Waals surface area (Å²) >= 11 is 0. The number of hydrogen-bond acceptors (Lipinski definition) is 3. The van der Waals surface area contributed by atoms with Gasteiger partial charge in [-0.1, -0.05) is 0 Å². The monoisotopic (exact) mass is 246 g/mol. The zero-order valence-electron chi connectivity index (χ0n) is 9.37. The minimum absolute atomic E-state index is 0.204. The van der Waals surface area contributed by atoms with Crippen molar-refractivity contribution >= 4 is 5.97 Å². The van der Waals surface area contributed by atoms with Gasteiger partial charge in [0.2, 0.25) is 5.60 Å². The van der Waals surface area contributed by atoms with Crippen LogP contribution in [0.15, 0.2) is 18.2 Å². The molecule has 94 valence electrons. The molecular formula is C11H12F2O4. The number of halogens is 2. The lowest BCUT2D eigenvalue weighted by Gasteiger charge is -2.25. The van der Waals surface area contributed by atoms with Crippen molar-refractivity contribution < 1.29 is 28.2 Å². The van der Waals surface area contributed by atoms with Crippen molar-refractivity contribution in [2.75, 3.05) is 13.7 Å². The van der Waals surface area contributed by atoms with E-state index in [1.165, 1.54) is 14.0 Å². The Morgan fingerprint density at radius 1 is 1.35 bits per heavy atom. The minimum Gasteiger partial charge on any atom is -0.478 e. The Balaban J connectivity index is 2.97. The van der Waals surface area contributed by atoms with Gasteiger partial charge in [-0.25, -0.2) is 13.6 Å². The molecule has 1 rings (SSSR count). The van der Waals surface area contributed by atoms with Gasteiger partial charge in [-0.2, -0.15) is 0 Å². The standard InChI is InChI=1S/C11H12F2O4/c1-11(6-16-2,10(14)15)17-9-4-7(12)3-8(13)5-9/h3-5H,6H2,1-2H3,(H,14,15). The van der Waals surface area contributed by atoms with Gasteiger partial charge in [0.1, 0.15) is 17.4 Å². The number of aliphatic carboxylic acids is 1. The van der Waals surface area contributed by atoms with Crippen molar-refractivity contribution in [3.8, 4) is 5.75 Å². The SMILES string of the molecule is COCC(C)(Oc1cc(F)cc(F)c1)C(=O)O. The fraction of sp³-hybridized carbons (Fsp3) is 0.364.